The molecule has 2 heteroatoms. The van der Waals surface area contributed by atoms with Crippen molar-refractivity contribution in [1.29, 1.82) is 0 Å². The van der Waals surface area contributed by atoms with Gasteiger partial charge in [-0.3, -0.25) is 0 Å². The molecule has 0 aliphatic rings. The van der Waals surface area contributed by atoms with Crippen LogP contribution in [0.1, 0.15) is 166 Å². The normalized spacial score (nSPS) is 13.2. The van der Waals surface area contributed by atoms with Crippen LogP contribution in [0.5, 0.6) is 0 Å². The van der Waals surface area contributed by atoms with Crippen molar-refractivity contribution in [3.05, 3.63) is 54.1 Å². The van der Waals surface area contributed by atoms with E-state index in [4.69, 9.17) is 0 Å². The Morgan fingerprint density at radius 2 is 1.11 bits per heavy atom. The van der Waals surface area contributed by atoms with Crippen LogP contribution in [0, 0.1) is 0 Å². The van der Waals surface area contributed by atoms with Gasteiger partial charge < -0.3 is 4.57 Å². The van der Waals surface area contributed by atoms with E-state index in [2.05, 4.69) is 60.8 Å². The van der Waals surface area contributed by atoms with Gasteiger partial charge in [0.1, 0.15) is 0 Å². The predicted octanol–water partition coefficient (Wildman–Crippen LogP) is 11.0. The summed E-state index contributed by atoms with van der Waals surface area (Å²) in [7, 11) is 0. The highest BCUT2D eigenvalue weighted by Gasteiger charge is 2.20. The van der Waals surface area contributed by atoms with Crippen LogP contribution < -0.4 is 0 Å². The summed E-state index contributed by atoms with van der Waals surface area (Å²) in [6.45, 7) is 6.93. The molecule has 2 nitrogen and oxygen atoms in total. The monoisotopic (exact) mass is 480 g/mol. The minimum absolute atomic E-state index is 0.397. The maximum atomic E-state index is 4.34. The Kier molecular flexibility index (Phi) is 16.6. The largest absolute Gasteiger partial charge is 0.330 e. The number of unbranched alkanes of at least 4 members (excludes halogenated alkanes) is 14. The molecule has 0 aliphatic carbocycles. The highest BCUT2D eigenvalue weighted by Crippen LogP contribution is 2.35. The summed E-state index contributed by atoms with van der Waals surface area (Å²) < 4.78 is 2.30. The van der Waals surface area contributed by atoms with Crippen molar-refractivity contribution < 1.29 is 0 Å². The summed E-state index contributed by atoms with van der Waals surface area (Å²) in [6.07, 6.45) is 32.4. The van der Waals surface area contributed by atoms with Crippen molar-refractivity contribution in [3.8, 4) is 0 Å². The quantitative estimate of drug-likeness (QED) is 0.153. The molecule has 0 amide bonds. The number of hydrogen-bond acceptors (Lipinski definition) is 1. The van der Waals surface area contributed by atoms with Gasteiger partial charge in [0.15, 0.2) is 0 Å². The van der Waals surface area contributed by atoms with E-state index in [0.717, 1.165) is 6.42 Å². The lowest BCUT2D eigenvalue weighted by molar-refractivity contribution is 0.475. The number of hydrogen-bond donors (Lipinski definition) is 0. The molecule has 198 valence electrons. The Hall–Kier alpha value is -1.57. The van der Waals surface area contributed by atoms with Gasteiger partial charge in [0.2, 0.25) is 0 Å². The third-order valence-electron chi connectivity index (χ3n) is 7.88. The van der Waals surface area contributed by atoms with Gasteiger partial charge in [0.05, 0.1) is 12.4 Å². The molecular formula is C33H56N2. The number of benzene rings is 1. The molecule has 0 saturated heterocycles. The first-order valence-electron chi connectivity index (χ1n) is 15.4. The summed E-state index contributed by atoms with van der Waals surface area (Å²) in [5, 5.41) is 0. The summed E-state index contributed by atoms with van der Waals surface area (Å²) in [6, 6.07) is 9.72. The SMILES string of the molecule is CCCCCCCCCCCCC[C@H](CCCCCCC)c1ccccc1C(CC)n1ccnc1. The fourth-order valence-corrected chi connectivity index (χ4v) is 5.74. The van der Waals surface area contributed by atoms with Crippen LogP contribution in [0.2, 0.25) is 0 Å². The van der Waals surface area contributed by atoms with Crippen molar-refractivity contribution in [2.24, 2.45) is 0 Å². The van der Waals surface area contributed by atoms with Crippen LogP contribution >= 0.6 is 0 Å². The summed E-state index contributed by atoms with van der Waals surface area (Å²) >= 11 is 0. The zero-order valence-electron chi connectivity index (χ0n) is 23.5. The molecule has 0 fully saturated rings. The Morgan fingerprint density at radius 1 is 0.629 bits per heavy atom. The molecule has 0 bridgehead atoms. The third-order valence-corrected chi connectivity index (χ3v) is 7.88. The van der Waals surface area contributed by atoms with E-state index in [1.165, 1.54) is 121 Å². The lowest BCUT2D eigenvalue weighted by Crippen LogP contribution is -2.13. The van der Waals surface area contributed by atoms with Crippen LogP contribution in [0.4, 0.5) is 0 Å². The first kappa shape index (κ1) is 29.7. The van der Waals surface area contributed by atoms with Crippen LogP contribution in [0.25, 0.3) is 0 Å². The molecule has 2 atom stereocenters. The second-order valence-electron chi connectivity index (χ2n) is 10.8. The van der Waals surface area contributed by atoms with Gasteiger partial charge in [-0.1, -0.05) is 148 Å². The van der Waals surface area contributed by atoms with Gasteiger partial charge in [-0.25, -0.2) is 4.98 Å². The Labute approximate surface area is 218 Å². The number of nitrogens with zero attached hydrogens (tertiary/aromatic N) is 2. The highest BCUT2D eigenvalue weighted by atomic mass is 15.0. The zero-order valence-corrected chi connectivity index (χ0v) is 23.5. The number of imidazole rings is 1. The first-order chi connectivity index (χ1) is 17.3. The minimum Gasteiger partial charge on any atom is -0.330 e. The van der Waals surface area contributed by atoms with Gasteiger partial charge in [-0.2, -0.15) is 0 Å². The topological polar surface area (TPSA) is 17.8 Å². The molecule has 0 spiro atoms. The Balaban J connectivity index is 1.88. The maximum Gasteiger partial charge on any atom is 0.0951 e. The lowest BCUT2D eigenvalue weighted by Gasteiger charge is -2.26. The van der Waals surface area contributed by atoms with Gasteiger partial charge in [0, 0.05) is 12.4 Å². The third kappa shape index (κ3) is 11.8. The van der Waals surface area contributed by atoms with Crippen molar-refractivity contribution in [2.45, 2.75) is 155 Å². The van der Waals surface area contributed by atoms with Crippen molar-refractivity contribution in [3.63, 3.8) is 0 Å². The van der Waals surface area contributed by atoms with Crippen LogP contribution in [0.15, 0.2) is 43.0 Å². The summed E-state index contributed by atoms with van der Waals surface area (Å²) in [4.78, 5) is 4.34. The molecule has 0 saturated carbocycles. The molecule has 0 N–H and O–H groups in total. The molecule has 1 unspecified atom stereocenters. The molecule has 1 aromatic heterocycles. The minimum atomic E-state index is 0.397. The fourth-order valence-electron chi connectivity index (χ4n) is 5.74. The lowest BCUT2D eigenvalue weighted by atomic mass is 9.83. The van der Waals surface area contributed by atoms with E-state index in [-0.39, 0.29) is 0 Å². The van der Waals surface area contributed by atoms with Crippen molar-refractivity contribution in [2.75, 3.05) is 0 Å². The smallest absolute Gasteiger partial charge is 0.0951 e. The van der Waals surface area contributed by atoms with Gasteiger partial charge in [-0.15, -0.1) is 0 Å². The summed E-state index contributed by atoms with van der Waals surface area (Å²) in [5.74, 6) is 0.698. The van der Waals surface area contributed by atoms with Gasteiger partial charge >= 0.3 is 0 Å². The number of aromatic nitrogens is 2. The summed E-state index contributed by atoms with van der Waals surface area (Å²) in [5.41, 5.74) is 3.13. The van der Waals surface area contributed by atoms with E-state index in [9.17, 15) is 0 Å². The van der Waals surface area contributed by atoms with E-state index in [0.29, 0.717) is 12.0 Å². The molecular weight excluding hydrogens is 424 g/mol. The van der Waals surface area contributed by atoms with Crippen LogP contribution in [-0.4, -0.2) is 9.55 Å². The van der Waals surface area contributed by atoms with Crippen LogP contribution in [0.3, 0.4) is 0 Å². The molecule has 0 radical (unpaired) electrons. The van der Waals surface area contributed by atoms with Crippen molar-refractivity contribution in [1.82, 2.24) is 9.55 Å². The Morgan fingerprint density at radius 3 is 1.57 bits per heavy atom. The van der Waals surface area contributed by atoms with E-state index >= 15 is 0 Å². The fraction of sp³-hybridized carbons (Fsp3) is 0.727. The molecule has 1 heterocycles. The average Bonchev–Trinajstić information content (AvgIpc) is 3.41. The van der Waals surface area contributed by atoms with Crippen LogP contribution in [-0.2, 0) is 0 Å². The maximum absolute atomic E-state index is 4.34. The molecule has 0 aliphatic heterocycles. The van der Waals surface area contributed by atoms with E-state index < -0.39 is 0 Å². The standard InChI is InChI=1S/C33H56N2/c1-4-7-9-11-12-13-14-15-16-18-20-24-30(23-19-17-10-8-5-2)31-25-21-22-26-32(31)33(6-3)35-28-27-34-29-35/h21-22,25-30,33H,4-20,23-24H2,1-3H3/t30-,33?/m0/s1. The number of rotatable bonds is 22. The van der Waals surface area contributed by atoms with Gasteiger partial charge in [0.25, 0.3) is 0 Å². The molecule has 2 rings (SSSR count). The average molecular weight is 481 g/mol. The van der Waals surface area contributed by atoms with Crippen molar-refractivity contribution >= 4 is 0 Å². The Bertz CT molecular complexity index is 720. The zero-order chi connectivity index (χ0) is 25.0. The molecule has 35 heavy (non-hydrogen) atoms. The van der Waals surface area contributed by atoms with E-state index in [1.54, 1.807) is 5.56 Å². The second-order valence-corrected chi connectivity index (χ2v) is 10.8. The first-order valence-corrected chi connectivity index (χ1v) is 15.4. The molecule has 2 aromatic rings. The van der Waals surface area contributed by atoms with E-state index in [1.807, 2.05) is 12.5 Å². The predicted molar refractivity (Wildman–Crippen MR) is 154 cm³/mol. The van der Waals surface area contributed by atoms with Gasteiger partial charge in [-0.05, 0) is 36.3 Å². The highest BCUT2D eigenvalue weighted by molar-refractivity contribution is 5.33. The second kappa shape index (κ2) is 19.6. The molecule has 1 aromatic carbocycles.